The molecule has 7 rings (SSSR count). The molecular formula is C41H29BrN4O4S2. The summed E-state index contributed by atoms with van der Waals surface area (Å²) in [5.41, 5.74) is 3.44. The van der Waals surface area contributed by atoms with E-state index in [0.29, 0.717) is 27.9 Å². The Morgan fingerprint density at radius 2 is 1.44 bits per heavy atom. The molecule has 0 unspecified atom stereocenters. The molecular weight excluding hydrogens is 757 g/mol. The number of rotatable bonds is 11. The fourth-order valence-corrected chi connectivity index (χ4v) is 7.39. The van der Waals surface area contributed by atoms with E-state index in [-0.39, 0.29) is 11.6 Å². The molecule has 11 heteroatoms. The molecule has 0 bridgehead atoms. The topological polar surface area (TPSA) is 113 Å². The number of furan rings is 1. The van der Waals surface area contributed by atoms with Crippen LogP contribution in [0.3, 0.4) is 0 Å². The van der Waals surface area contributed by atoms with E-state index in [0.717, 1.165) is 30.7 Å². The molecule has 0 fully saturated rings. The highest BCUT2D eigenvalue weighted by Crippen LogP contribution is 2.37. The molecule has 0 saturated heterocycles. The van der Waals surface area contributed by atoms with Crippen LogP contribution in [0.5, 0.6) is 0 Å². The Morgan fingerprint density at radius 3 is 2.17 bits per heavy atom. The van der Waals surface area contributed by atoms with Gasteiger partial charge in [0.05, 0.1) is 10.2 Å². The number of aromatic nitrogens is 1. The van der Waals surface area contributed by atoms with E-state index in [4.69, 9.17) is 4.42 Å². The lowest BCUT2D eigenvalue weighted by Gasteiger charge is -2.16. The summed E-state index contributed by atoms with van der Waals surface area (Å²) >= 11 is 6.26. The number of carbonyl (C=O) groups is 3. The number of fused-ring (bicyclic) bond motifs is 1. The van der Waals surface area contributed by atoms with Crippen LogP contribution >= 0.6 is 39.0 Å². The highest BCUT2D eigenvalue weighted by molar-refractivity contribution is 9.10. The Balaban J connectivity index is 1.08. The van der Waals surface area contributed by atoms with Crippen LogP contribution in [0.2, 0.25) is 0 Å². The summed E-state index contributed by atoms with van der Waals surface area (Å²) in [4.78, 5) is 45.8. The molecule has 3 amide bonds. The Hall–Kier alpha value is -5.75. The van der Waals surface area contributed by atoms with Gasteiger partial charge in [0.15, 0.2) is 5.13 Å². The van der Waals surface area contributed by atoms with Gasteiger partial charge in [0, 0.05) is 32.3 Å². The van der Waals surface area contributed by atoms with Gasteiger partial charge in [-0.25, -0.2) is 4.98 Å². The fourth-order valence-electron chi connectivity index (χ4n) is 5.23. The van der Waals surface area contributed by atoms with Crippen molar-refractivity contribution >= 4 is 83.9 Å². The van der Waals surface area contributed by atoms with Gasteiger partial charge >= 0.3 is 0 Å². The third-order valence-corrected chi connectivity index (χ3v) is 10.5. The molecule has 0 spiro atoms. The fraction of sp³-hybridized carbons (Fsp3) is 0.0244. The molecule has 0 aliphatic carbocycles. The van der Waals surface area contributed by atoms with E-state index in [2.05, 4.69) is 36.9 Å². The second kappa shape index (κ2) is 16.1. The zero-order valence-corrected chi connectivity index (χ0v) is 30.5. The molecule has 3 N–H and O–H groups in total. The lowest BCUT2D eigenvalue weighted by atomic mass is 10.1. The maximum atomic E-state index is 13.7. The number of para-hydroxylation sites is 1. The summed E-state index contributed by atoms with van der Waals surface area (Å²) in [6, 6.07) is 44.3. The average Bonchev–Trinajstić information content (AvgIpc) is 3.82. The number of nitrogens with zero attached hydrogens (tertiary/aromatic N) is 1. The molecule has 52 heavy (non-hydrogen) atoms. The predicted molar refractivity (Wildman–Crippen MR) is 212 cm³/mol. The van der Waals surface area contributed by atoms with Crippen molar-refractivity contribution < 1.29 is 18.8 Å². The smallest absolute Gasteiger partial charge is 0.272 e. The van der Waals surface area contributed by atoms with Gasteiger partial charge in [-0.1, -0.05) is 100 Å². The standard InChI is InChI=1S/C41H29BrN4O4S2/c42-29-17-15-26(16-18-29)35-24-21-31(50-35)25-34(44-38(47)28-11-5-2-6-12-28)39(48)43-30-19-22-32(23-20-30)51-37(27-9-3-1-4-10-27)40(49)46-41-45-33-13-7-8-14-36(33)52-41/h1-25,37H,(H,43,48)(H,44,47)(H,45,46,49)/b34-25-/t37-/m0/s1. The van der Waals surface area contributed by atoms with Gasteiger partial charge in [-0.2, -0.15) is 0 Å². The van der Waals surface area contributed by atoms with Gasteiger partial charge in [0.25, 0.3) is 11.8 Å². The maximum absolute atomic E-state index is 13.7. The second-order valence-corrected chi connectivity index (χ2v) is 14.6. The molecule has 8 nitrogen and oxygen atoms in total. The summed E-state index contributed by atoms with van der Waals surface area (Å²) in [6.07, 6.45) is 1.50. The van der Waals surface area contributed by atoms with E-state index >= 15 is 0 Å². The van der Waals surface area contributed by atoms with Crippen molar-refractivity contribution in [2.45, 2.75) is 10.1 Å². The number of hydrogen-bond acceptors (Lipinski definition) is 7. The molecule has 0 aliphatic heterocycles. The third-order valence-electron chi connectivity index (χ3n) is 7.80. The minimum atomic E-state index is -0.563. The van der Waals surface area contributed by atoms with Crippen molar-refractivity contribution in [3.05, 3.63) is 173 Å². The first-order chi connectivity index (χ1) is 25.4. The molecule has 1 atom stereocenters. The first-order valence-electron chi connectivity index (χ1n) is 16.1. The zero-order valence-electron chi connectivity index (χ0n) is 27.3. The monoisotopic (exact) mass is 784 g/mol. The molecule has 2 aromatic heterocycles. The first kappa shape index (κ1) is 34.7. The van der Waals surface area contributed by atoms with E-state index < -0.39 is 17.1 Å². The van der Waals surface area contributed by atoms with Crippen LogP contribution in [0.15, 0.2) is 165 Å². The number of thioether (sulfide) groups is 1. The van der Waals surface area contributed by atoms with Crippen LogP contribution in [0.4, 0.5) is 10.8 Å². The quantitative estimate of drug-likeness (QED) is 0.0889. The maximum Gasteiger partial charge on any atom is 0.272 e. The Kier molecular flexibility index (Phi) is 10.7. The van der Waals surface area contributed by atoms with Crippen molar-refractivity contribution in [3.63, 3.8) is 0 Å². The highest BCUT2D eigenvalue weighted by atomic mass is 79.9. The first-order valence-corrected chi connectivity index (χ1v) is 18.6. The number of benzene rings is 5. The molecule has 2 heterocycles. The summed E-state index contributed by atoms with van der Waals surface area (Å²) < 4.78 is 7.96. The van der Waals surface area contributed by atoms with Gasteiger partial charge in [-0.3, -0.25) is 14.4 Å². The molecule has 0 saturated carbocycles. The van der Waals surface area contributed by atoms with Gasteiger partial charge < -0.3 is 20.4 Å². The van der Waals surface area contributed by atoms with E-state index in [1.165, 1.54) is 29.2 Å². The number of nitrogens with one attached hydrogen (secondary N) is 3. The van der Waals surface area contributed by atoms with Crippen molar-refractivity contribution in [2.75, 3.05) is 10.6 Å². The van der Waals surface area contributed by atoms with Crippen LogP contribution < -0.4 is 16.0 Å². The second-order valence-electron chi connectivity index (χ2n) is 11.5. The number of amides is 3. The highest BCUT2D eigenvalue weighted by Gasteiger charge is 2.24. The molecule has 256 valence electrons. The summed E-state index contributed by atoms with van der Waals surface area (Å²) in [6.45, 7) is 0. The lowest BCUT2D eigenvalue weighted by molar-refractivity contribution is -0.116. The molecule has 5 aromatic carbocycles. The third kappa shape index (κ3) is 8.57. The van der Waals surface area contributed by atoms with Crippen LogP contribution in [0, 0.1) is 0 Å². The molecule has 0 aliphatic rings. The van der Waals surface area contributed by atoms with Gasteiger partial charge in [-0.05, 0) is 78.4 Å². The van der Waals surface area contributed by atoms with Crippen molar-refractivity contribution in [2.24, 2.45) is 0 Å². The normalized spacial score (nSPS) is 11.9. The van der Waals surface area contributed by atoms with E-state index in [1.54, 1.807) is 42.5 Å². The Morgan fingerprint density at radius 1 is 0.750 bits per heavy atom. The Labute approximate surface area is 316 Å². The summed E-state index contributed by atoms with van der Waals surface area (Å²) in [5.74, 6) is -0.172. The van der Waals surface area contributed by atoms with Crippen molar-refractivity contribution in [3.8, 4) is 11.3 Å². The largest absolute Gasteiger partial charge is 0.457 e. The van der Waals surface area contributed by atoms with Crippen LogP contribution in [0.25, 0.3) is 27.6 Å². The van der Waals surface area contributed by atoms with E-state index in [9.17, 15) is 14.4 Å². The van der Waals surface area contributed by atoms with Crippen molar-refractivity contribution in [1.82, 2.24) is 10.3 Å². The minimum Gasteiger partial charge on any atom is -0.457 e. The SMILES string of the molecule is O=C(Nc1ccc(S[C@H](C(=O)Nc2nc3ccccc3s2)c2ccccc2)cc1)/C(=C/c1ccc(-c2ccc(Br)cc2)o1)NC(=O)c1ccccc1. The minimum absolute atomic E-state index is 0.000305. The number of anilines is 2. The summed E-state index contributed by atoms with van der Waals surface area (Å²) in [7, 11) is 0. The lowest BCUT2D eigenvalue weighted by Crippen LogP contribution is -2.30. The van der Waals surface area contributed by atoms with Crippen LogP contribution in [-0.4, -0.2) is 22.7 Å². The van der Waals surface area contributed by atoms with E-state index in [1.807, 2.05) is 103 Å². The Bertz CT molecular complexity index is 2340. The molecule has 0 radical (unpaired) electrons. The van der Waals surface area contributed by atoms with Gasteiger partial charge in [0.1, 0.15) is 22.5 Å². The van der Waals surface area contributed by atoms with Gasteiger partial charge in [0.2, 0.25) is 5.91 Å². The van der Waals surface area contributed by atoms with Crippen molar-refractivity contribution in [1.29, 1.82) is 0 Å². The molecule has 7 aromatic rings. The number of carbonyl (C=O) groups excluding carboxylic acids is 3. The zero-order chi connectivity index (χ0) is 35.9. The number of halogens is 1. The summed E-state index contributed by atoms with van der Waals surface area (Å²) in [5, 5.41) is 8.60. The predicted octanol–water partition coefficient (Wildman–Crippen LogP) is 10.2. The van der Waals surface area contributed by atoms with Crippen LogP contribution in [0.1, 0.15) is 26.9 Å². The average molecular weight is 786 g/mol. The van der Waals surface area contributed by atoms with Crippen LogP contribution in [-0.2, 0) is 9.59 Å². The van der Waals surface area contributed by atoms with Gasteiger partial charge in [-0.15, -0.1) is 11.8 Å². The number of thiazole rings is 1. The number of hydrogen-bond donors (Lipinski definition) is 3.